The summed E-state index contributed by atoms with van der Waals surface area (Å²) in [6.07, 6.45) is 0. The van der Waals surface area contributed by atoms with E-state index in [1.54, 1.807) is 0 Å². The van der Waals surface area contributed by atoms with Crippen molar-refractivity contribution in [1.29, 1.82) is 0 Å². The van der Waals surface area contributed by atoms with Crippen molar-refractivity contribution in [2.45, 2.75) is 13.0 Å². The third-order valence-electron chi connectivity index (χ3n) is 3.06. The Bertz CT molecular complexity index is 588. The summed E-state index contributed by atoms with van der Waals surface area (Å²) < 4.78 is 7.82. The summed E-state index contributed by atoms with van der Waals surface area (Å²) in [7, 11) is 1.98. The van der Waals surface area contributed by atoms with E-state index in [1.165, 1.54) is 14.7 Å². The second-order valence-corrected chi connectivity index (χ2v) is 6.49. The summed E-state index contributed by atoms with van der Waals surface area (Å²) in [5.41, 5.74) is 2.46. The smallest absolute Gasteiger partial charge is 0.120 e. The Morgan fingerprint density at radius 1 is 1.25 bits per heavy atom. The maximum atomic E-state index is 5.53. The molecule has 2 aromatic carbocycles. The molecule has 1 unspecified atom stereocenters. The SMILES string of the molecule is CCOc1ccc(C(NC)c2cccc(I)c2)c(Br)c1. The number of ether oxygens (including phenoxy) is 1. The van der Waals surface area contributed by atoms with Crippen molar-refractivity contribution < 1.29 is 4.74 Å². The Labute approximate surface area is 142 Å². The molecule has 0 aromatic heterocycles. The van der Waals surface area contributed by atoms with Gasteiger partial charge in [0, 0.05) is 8.04 Å². The second kappa shape index (κ2) is 7.43. The predicted molar refractivity (Wildman–Crippen MR) is 95.4 cm³/mol. The molecule has 106 valence electrons. The van der Waals surface area contributed by atoms with E-state index in [9.17, 15) is 0 Å². The van der Waals surface area contributed by atoms with Gasteiger partial charge in [-0.1, -0.05) is 34.1 Å². The molecule has 20 heavy (non-hydrogen) atoms. The molecule has 2 nitrogen and oxygen atoms in total. The summed E-state index contributed by atoms with van der Waals surface area (Å²) in [5.74, 6) is 0.889. The molecule has 0 saturated carbocycles. The second-order valence-electron chi connectivity index (χ2n) is 4.39. The van der Waals surface area contributed by atoms with Crippen LogP contribution in [0.2, 0.25) is 0 Å². The Morgan fingerprint density at radius 2 is 2.05 bits per heavy atom. The molecule has 4 heteroatoms. The average Bonchev–Trinajstić information content (AvgIpc) is 2.42. The number of halogens is 2. The third kappa shape index (κ3) is 3.74. The zero-order valence-electron chi connectivity index (χ0n) is 11.5. The molecule has 0 amide bonds. The van der Waals surface area contributed by atoms with E-state index in [0.717, 1.165) is 10.2 Å². The van der Waals surface area contributed by atoms with Crippen LogP contribution in [-0.2, 0) is 0 Å². The highest BCUT2D eigenvalue weighted by molar-refractivity contribution is 14.1. The molecule has 0 aliphatic carbocycles. The van der Waals surface area contributed by atoms with Gasteiger partial charge in [0.15, 0.2) is 0 Å². The Kier molecular flexibility index (Phi) is 5.86. The van der Waals surface area contributed by atoms with E-state index in [4.69, 9.17) is 4.74 Å². The summed E-state index contributed by atoms with van der Waals surface area (Å²) in [4.78, 5) is 0. The van der Waals surface area contributed by atoms with Gasteiger partial charge in [-0.2, -0.15) is 0 Å². The highest BCUT2D eigenvalue weighted by Crippen LogP contribution is 2.31. The normalized spacial score (nSPS) is 12.2. The lowest BCUT2D eigenvalue weighted by Gasteiger charge is -2.19. The number of nitrogens with one attached hydrogen (secondary N) is 1. The standard InChI is InChI=1S/C16H17BrINO/c1-3-20-13-7-8-14(15(17)10-13)16(19-2)11-5-4-6-12(18)9-11/h4-10,16,19H,3H2,1-2H3. The highest BCUT2D eigenvalue weighted by Gasteiger charge is 2.15. The van der Waals surface area contributed by atoms with Crippen LogP contribution in [0.5, 0.6) is 5.75 Å². The Hall–Kier alpha value is -0.590. The molecular formula is C16H17BrINO. The van der Waals surface area contributed by atoms with Gasteiger partial charge in [0.25, 0.3) is 0 Å². The van der Waals surface area contributed by atoms with Crippen molar-refractivity contribution in [3.05, 3.63) is 61.6 Å². The van der Waals surface area contributed by atoms with Crippen molar-refractivity contribution in [2.75, 3.05) is 13.7 Å². The lowest BCUT2D eigenvalue weighted by Crippen LogP contribution is -2.18. The molecule has 0 aliphatic heterocycles. The van der Waals surface area contributed by atoms with Gasteiger partial charge in [0.2, 0.25) is 0 Å². The molecular weight excluding hydrogens is 429 g/mol. The van der Waals surface area contributed by atoms with Crippen molar-refractivity contribution in [3.63, 3.8) is 0 Å². The molecule has 1 atom stereocenters. The van der Waals surface area contributed by atoms with Crippen LogP contribution >= 0.6 is 38.5 Å². The lowest BCUT2D eigenvalue weighted by molar-refractivity contribution is 0.340. The number of benzene rings is 2. The van der Waals surface area contributed by atoms with Gasteiger partial charge >= 0.3 is 0 Å². The van der Waals surface area contributed by atoms with Crippen LogP contribution in [0.25, 0.3) is 0 Å². The molecule has 0 saturated heterocycles. The number of rotatable bonds is 5. The summed E-state index contributed by atoms with van der Waals surface area (Å²) in [6, 6.07) is 14.8. The monoisotopic (exact) mass is 445 g/mol. The zero-order valence-corrected chi connectivity index (χ0v) is 15.2. The summed E-state index contributed by atoms with van der Waals surface area (Å²) >= 11 is 5.99. The molecule has 0 bridgehead atoms. The van der Waals surface area contributed by atoms with Crippen LogP contribution in [0.15, 0.2) is 46.9 Å². The fourth-order valence-corrected chi connectivity index (χ4v) is 3.34. The predicted octanol–water partition coefficient (Wildman–Crippen LogP) is 4.76. The fourth-order valence-electron chi connectivity index (χ4n) is 2.19. The maximum absolute atomic E-state index is 5.53. The van der Waals surface area contributed by atoms with Gasteiger partial charge in [-0.15, -0.1) is 0 Å². The quantitative estimate of drug-likeness (QED) is 0.670. The van der Waals surface area contributed by atoms with Crippen LogP contribution in [0.4, 0.5) is 0 Å². The highest BCUT2D eigenvalue weighted by atomic mass is 127. The van der Waals surface area contributed by atoms with Crippen molar-refractivity contribution in [2.24, 2.45) is 0 Å². The maximum Gasteiger partial charge on any atom is 0.120 e. The lowest BCUT2D eigenvalue weighted by atomic mass is 9.99. The fraction of sp³-hybridized carbons (Fsp3) is 0.250. The first-order valence-corrected chi connectivity index (χ1v) is 8.38. The van der Waals surface area contributed by atoms with Crippen molar-refractivity contribution in [3.8, 4) is 5.75 Å². The van der Waals surface area contributed by atoms with E-state index < -0.39 is 0 Å². The van der Waals surface area contributed by atoms with Crippen LogP contribution in [0, 0.1) is 3.57 Å². The van der Waals surface area contributed by atoms with Crippen LogP contribution in [0.3, 0.4) is 0 Å². The third-order valence-corrected chi connectivity index (χ3v) is 4.42. The molecule has 2 rings (SSSR count). The van der Waals surface area contributed by atoms with E-state index in [2.05, 4.69) is 74.2 Å². The van der Waals surface area contributed by atoms with Gasteiger partial charge in [0.05, 0.1) is 12.6 Å². The van der Waals surface area contributed by atoms with E-state index >= 15 is 0 Å². The van der Waals surface area contributed by atoms with Gasteiger partial charge in [0.1, 0.15) is 5.75 Å². The first-order chi connectivity index (χ1) is 9.65. The van der Waals surface area contributed by atoms with E-state index in [-0.39, 0.29) is 6.04 Å². The van der Waals surface area contributed by atoms with Gasteiger partial charge in [-0.3, -0.25) is 0 Å². The molecule has 1 N–H and O–H groups in total. The number of hydrogen-bond acceptors (Lipinski definition) is 2. The minimum atomic E-state index is 0.162. The molecule has 2 aromatic rings. The summed E-state index contributed by atoms with van der Waals surface area (Å²) in [6.45, 7) is 2.67. The van der Waals surface area contributed by atoms with Gasteiger partial charge < -0.3 is 10.1 Å². The molecule has 0 radical (unpaired) electrons. The first kappa shape index (κ1) is 15.8. The number of hydrogen-bond donors (Lipinski definition) is 1. The molecule has 0 heterocycles. The van der Waals surface area contributed by atoms with Crippen LogP contribution in [0.1, 0.15) is 24.1 Å². The Morgan fingerprint density at radius 3 is 2.65 bits per heavy atom. The molecule has 0 aliphatic rings. The molecule has 0 spiro atoms. The van der Waals surface area contributed by atoms with Crippen molar-refractivity contribution >= 4 is 38.5 Å². The minimum absolute atomic E-state index is 0.162. The van der Waals surface area contributed by atoms with Crippen LogP contribution in [-0.4, -0.2) is 13.7 Å². The van der Waals surface area contributed by atoms with Crippen LogP contribution < -0.4 is 10.1 Å². The van der Waals surface area contributed by atoms with Crippen molar-refractivity contribution in [1.82, 2.24) is 5.32 Å². The topological polar surface area (TPSA) is 21.3 Å². The molecule has 0 fully saturated rings. The Balaban J connectivity index is 2.37. The summed E-state index contributed by atoms with van der Waals surface area (Å²) in [5, 5.41) is 3.38. The van der Waals surface area contributed by atoms with E-state index in [0.29, 0.717) is 6.61 Å². The first-order valence-electron chi connectivity index (χ1n) is 6.50. The largest absolute Gasteiger partial charge is 0.494 e. The zero-order chi connectivity index (χ0) is 14.5. The van der Waals surface area contributed by atoms with Gasteiger partial charge in [-0.05, 0) is 72.0 Å². The van der Waals surface area contributed by atoms with Gasteiger partial charge in [-0.25, -0.2) is 0 Å². The minimum Gasteiger partial charge on any atom is -0.494 e. The average molecular weight is 446 g/mol. The van der Waals surface area contributed by atoms with E-state index in [1.807, 2.05) is 26.1 Å².